The van der Waals surface area contributed by atoms with Crippen molar-refractivity contribution >= 4 is 17.4 Å². The number of rotatable bonds is 2. The van der Waals surface area contributed by atoms with E-state index in [1.807, 2.05) is 48.7 Å². The maximum Gasteiger partial charge on any atom is 0.200 e. The lowest BCUT2D eigenvalue weighted by Gasteiger charge is -2.06. The van der Waals surface area contributed by atoms with Crippen LogP contribution in [0.5, 0.6) is 0 Å². The van der Waals surface area contributed by atoms with E-state index in [0.717, 1.165) is 27.1 Å². The Morgan fingerprint density at radius 1 is 1.25 bits per heavy atom. The lowest BCUT2D eigenvalue weighted by atomic mass is 10.2. The number of aromatic nitrogens is 4. The van der Waals surface area contributed by atoms with Crippen LogP contribution in [0.1, 0.15) is 17.0 Å². The highest BCUT2D eigenvalue weighted by Crippen LogP contribution is 2.30. The van der Waals surface area contributed by atoms with Crippen molar-refractivity contribution in [2.75, 3.05) is 0 Å². The molecule has 0 radical (unpaired) electrons. The Bertz CT molecular complexity index is 831. The van der Waals surface area contributed by atoms with Crippen LogP contribution in [0.25, 0.3) is 5.65 Å². The third-order valence-corrected chi connectivity index (χ3v) is 3.89. The third-order valence-electron chi connectivity index (χ3n) is 2.89. The average Bonchev–Trinajstić information content (AvgIpc) is 2.82. The van der Waals surface area contributed by atoms with Crippen LogP contribution < -0.4 is 0 Å². The fraction of sp³-hybridized carbons (Fsp3) is 0.143. The van der Waals surface area contributed by atoms with Gasteiger partial charge in [-0.3, -0.25) is 9.38 Å². The molecule has 0 unspecified atom stereocenters. The van der Waals surface area contributed by atoms with Crippen molar-refractivity contribution in [3.63, 3.8) is 0 Å². The van der Waals surface area contributed by atoms with Crippen molar-refractivity contribution < 1.29 is 0 Å². The van der Waals surface area contributed by atoms with Crippen molar-refractivity contribution in [3.8, 4) is 6.07 Å². The second-order valence-electron chi connectivity index (χ2n) is 4.35. The topological polar surface area (TPSA) is 66.9 Å². The molecule has 3 heterocycles. The Hall–Kier alpha value is -2.39. The predicted octanol–water partition coefficient (Wildman–Crippen LogP) is 2.76. The van der Waals surface area contributed by atoms with Crippen molar-refractivity contribution in [1.29, 1.82) is 5.26 Å². The summed E-state index contributed by atoms with van der Waals surface area (Å²) in [5.41, 5.74) is 3.01. The molecule has 98 valence electrons. The molecule has 20 heavy (non-hydrogen) atoms. The summed E-state index contributed by atoms with van der Waals surface area (Å²) < 4.78 is 1.90. The molecule has 6 heteroatoms. The van der Waals surface area contributed by atoms with Crippen LogP contribution in [0.15, 0.2) is 40.5 Å². The largest absolute Gasteiger partial charge is 0.277 e. The molecule has 3 aromatic rings. The minimum Gasteiger partial charge on any atom is -0.277 e. The molecule has 0 spiro atoms. The van der Waals surface area contributed by atoms with Gasteiger partial charge in [-0.2, -0.15) is 5.26 Å². The van der Waals surface area contributed by atoms with Gasteiger partial charge in [0.05, 0.1) is 11.3 Å². The predicted molar refractivity (Wildman–Crippen MR) is 75.5 cm³/mol. The van der Waals surface area contributed by atoms with Crippen LogP contribution in [0.2, 0.25) is 0 Å². The number of pyridine rings is 2. The fourth-order valence-corrected chi connectivity index (χ4v) is 3.05. The molecule has 0 aliphatic carbocycles. The van der Waals surface area contributed by atoms with Gasteiger partial charge in [0.1, 0.15) is 6.07 Å². The zero-order valence-corrected chi connectivity index (χ0v) is 11.8. The van der Waals surface area contributed by atoms with E-state index in [0.29, 0.717) is 5.56 Å². The van der Waals surface area contributed by atoms with E-state index in [4.69, 9.17) is 0 Å². The van der Waals surface area contributed by atoms with Crippen molar-refractivity contribution in [3.05, 3.63) is 47.4 Å². The molecular weight excluding hydrogens is 270 g/mol. The second-order valence-corrected chi connectivity index (χ2v) is 5.36. The van der Waals surface area contributed by atoms with E-state index in [2.05, 4.69) is 21.3 Å². The third kappa shape index (κ3) is 2.12. The molecule has 0 saturated heterocycles. The van der Waals surface area contributed by atoms with Crippen LogP contribution in [0, 0.1) is 25.2 Å². The van der Waals surface area contributed by atoms with Gasteiger partial charge in [-0.05, 0) is 43.8 Å². The first-order chi connectivity index (χ1) is 9.69. The molecule has 0 amide bonds. The highest BCUT2D eigenvalue weighted by molar-refractivity contribution is 7.99. The number of hydrogen-bond acceptors (Lipinski definition) is 5. The van der Waals surface area contributed by atoms with Crippen LogP contribution in [0.4, 0.5) is 0 Å². The molecule has 0 aromatic carbocycles. The highest BCUT2D eigenvalue weighted by Gasteiger charge is 2.13. The van der Waals surface area contributed by atoms with Gasteiger partial charge in [0.15, 0.2) is 10.8 Å². The summed E-state index contributed by atoms with van der Waals surface area (Å²) in [7, 11) is 0. The summed E-state index contributed by atoms with van der Waals surface area (Å²) >= 11 is 1.43. The highest BCUT2D eigenvalue weighted by atomic mass is 32.2. The Morgan fingerprint density at radius 2 is 2.10 bits per heavy atom. The van der Waals surface area contributed by atoms with Gasteiger partial charge in [-0.25, -0.2) is 0 Å². The quantitative estimate of drug-likeness (QED) is 0.722. The zero-order valence-electron chi connectivity index (χ0n) is 11.0. The van der Waals surface area contributed by atoms with E-state index in [9.17, 15) is 5.26 Å². The van der Waals surface area contributed by atoms with Crippen LogP contribution in [-0.2, 0) is 0 Å². The smallest absolute Gasteiger partial charge is 0.200 e. The van der Waals surface area contributed by atoms with Gasteiger partial charge >= 0.3 is 0 Å². The van der Waals surface area contributed by atoms with Gasteiger partial charge in [-0.15, -0.1) is 10.2 Å². The van der Waals surface area contributed by atoms with Crippen LogP contribution >= 0.6 is 11.8 Å². The SMILES string of the molecule is Cc1cc(Sc2nnc3ccccn23)c(C#N)c(C)n1. The summed E-state index contributed by atoms with van der Waals surface area (Å²) in [4.78, 5) is 5.18. The molecule has 0 atom stereocenters. The van der Waals surface area contributed by atoms with Crippen molar-refractivity contribution in [2.24, 2.45) is 0 Å². The molecule has 5 nitrogen and oxygen atoms in total. The number of fused-ring (bicyclic) bond motifs is 1. The van der Waals surface area contributed by atoms with Crippen LogP contribution in [0.3, 0.4) is 0 Å². The normalized spacial score (nSPS) is 10.7. The minimum atomic E-state index is 0.591. The number of nitrogens with zero attached hydrogens (tertiary/aromatic N) is 5. The minimum absolute atomic E-state index is 0.591. The van der Waals surface area contributed by atoms with E-state index < -0.39 is 0 Å². The van der Waals surface area contributed by atoms with Crippen molar-refractivity contribution in [2.45, 2.75) is 23.9 Å². The summed E-state index contributed by atoms with van der Waals surface area (Å²) in [5, 5.41) is 18.3. The maximum atomic E-state index is 9.29. The van der Waals surface area contributed by atoms with E-state index >= 15 is 0 Å². The van der Waals surface area contributed by atoms with Gasteiger partial charge in [0.25, 0.3) is 0 Å². The first-order valence-electron chi connectivity index (χ1n) is 6.05. The second kappa shape index (κ2) is 4.94. The summed E-state index contributed by atoms with van der Waals surface area (Å²) in [5.74, 6) is 0. The summed E-state index contributed by atoms with van der Waals surface area (Å²) in [6.45, 7) is 3.76. The summed E-state index contributed by atoms with van der Waals surface area (Å²) in [6.07, 6.45) is 1.91. The zero-order chi connectivity index (χ0) is 14.1. The first-order valence-corrected chi connectivity index (χ1v) is 6.86. The monoisotopic (exact) mass is 281 g/mol. The Labute approximate surface area is 120 Å². The van der Waals surface area contributed by atoms with Crippen molar-refractivity contribution in [1.82, 2.24) is 19.6 Å². The molecule has 0 fully saturated rings. The molecule has 0 aliphatic rings. The lowest BCUT2D eigenvalue weighted by Crippen LogP contribution is -1.95. The standard InChI is InChI=1S/C14H11N5S/c1-9-7-12(11(8-15)10(2)16-9)20-14-18-17-13-5-3-4-6-19(13)14/h3-7H,1-2H3. The lowest BCUT2D eigenvalue weighted by molar-refractivity contribution is 0.919. The Kier molecular flexibility index (Phi) is 3.12. The first kappa shape index (κ1) is 12.6. The maximum absolute atomic E-state index is 9.29. The van der Waals surface area contributed by atoms with E-state index in [-0.39, 0.29) is 0 Å². The van der Waals surface area contributed by atoms with E-state index in [1.54, 1.807) is 0 Å². The number of nitriles is 1. The molecular formula is C14H11N5S. The van der Waals surface area contributed by atoms with Gasteiger partial charge < -0.3 is 0 Å². The molecule has 3 rings (SSSR count). The number of aryl methyl sites for hydroxylation is 2. The van der Waals surface area contributed by atoms with Gasteiger partial charge in [0, 0.05) is 16.8 Å². The number of hydrogen-bond donors (Lipinski definition) is 0. The fourth-order valence-electron chi connectivity index (χ4n) is 2.00. The summed E-state index contributed by atoms with van der Waals surface area (Å²) in [6, 6.07) is 9.85. The molecule has 0 aliphatic heterocycles. The van der Waals surface area contributed by atoms with E-state index in [1.165, 1.54) is 11.8 Å². The Balaban J connectivity index is 2.10. The molecule has 3 aromatic heterocycles. The molecule has 0 bridgehead atoms. The van der Waals surface area contributed by atoms with Gasteiger partial charge in [-0.1, -0.05) is 6.07 Å². The molecule has 0 saturated carbocycles. The molecule has 0 N–H and O–H groups in total. The Morgan fingerprint density at radius 3 is 2.90 bits per heavy atom. The average molecular weight is 281 g/mol. The van der Waals surface area contributed by atoms with Crippen LogP contribution in [-0.4, -0.2) is 19.6 Å². The van der Waals surface area contributed by atoms with Gasteiger partial charge in [0.2, 0.25) is 0 Å².